The van der Waals surface area contributed by atoms with Crippen LogP contribution in [0.15, 0.2) is 12.1 Å². The van der Waals surface area contributed by atoms with Gasteiger partial charge >= 0.3 is 5.97 Å². The molecule has 0 amide bonds. The number of nitrogen functional groups attached to an aromatic ring is 1. The molecule has 0 spiro atoms. The number of pyridine rings is 1. The van der Waals surface area contributed by atoms with Crippen molar-refractivity contribution < 1.29 is 27.8 Å². The van der Waals surface area contributed by atoms with Crippen LogP contribution in [0.3, 0.4) is 0 Å². The third-order valence-electron chi connectivity index (χ3n) is 3.09. The van der Waals surface area contributed by atoms with Crippen LogP contribution >= 0.6 is 23.2 Å². The van der Waals surface area contributed by atoms with E-state index < -0.39 is 45.8 Å². The molecule has 1 heterocycles. The minimum atomic E-state index is -3.03. The molecule has 0 fully saturated rings. The minimum absolute atomic E-state index is 0.188. The van der Waals surface area contributed by atoms with Gasteiger partial charge in [0, 0.05) is 0 Å². The highest BCUT2D eigenvalue weighted by molar-refractivity contribution is 6.36. The maximum Gasteiger partial charge on any atom is 0.356 e. The molecule has 0 radical (unpaired) electrons. The van der Waals surface area contributed by atoms with Gasteiger partial charge < -0.3 is 15.6 Å². The number of methoxy groups -OCH3 is 1. The van der Waals surface area contributed by atoms with Crippen molar-refractivity contribution in [2.24, 2.45) is 0 Å². The first-order valence-electron chi connectivity index (χ1n) is 6.22. The van der Waals surface area contributed by atoms with Crippen molar-refractivity contribution in [3.8, 4) is 17.0 Å². The molecule has 1 aromatic carbocycles. The predicted octanol–water partition coefficient (Wildman–Crippen LogP) is 4.42. The number of ether oxygens (including phenoxy) is 1. The third kappa shape index (κ3) is 3.07. The predicted molar refractivity (Wildman–Crippen MR) is 82.5 cm³/mol. The Morgan fingerprint density at radius 3 is 2.46 bits per heavy atom. The van der Waals surface area contributed by atoms with Crippen molar-refractivity contribution in [3.05, 3.63) is 39.3 Å². The summed E-state index contributed by atoms with van der Waals surface area (Å²) in [6.45, 7) is 0. The molecule has 0 bridgehead atoms. The molecule has 24 heavy (non-hydrogen) atoms. The standard InChI is InChI=1S/C14H9Cl2F3N2O3/c1-24-12-4(13(18)19)2-5(17)8(10(12)16)7-3-6(20)9(15)11(21-7)14(22)23/h2-3,13H,1H3,(H2,20,21)(H,22,23). The Morgan fingerprint density at radius 1 is 1.33 bits per heavy atom. The highest BCUT2D eigenvalue weighted by Crippen LogP contribution is 2.43. The van der Waals surface area contributed by atoms with Crippen molar-refractivity contribution in [1.82, 2.24) is 4.98 Å². The van der Waals surface area contributed by atoms with Crippen LogP contribution in [0.25, 0.3) is 11.3 Å². The Kier molecular flexibility index (Phi) is 5.10. The van der Waals surface area contributed by atoms with E-state index in [9.17, 15) is 18.0 Å². The van der Waals surface area contributed by atoms with Crippen molar-refractivity contribution in [2.45, 2.75) is 6.43 Å². The zero-order valence-electron chi connectivity index (χ0n) is 11.9. The minimum Gasteiger partial charge on any atom is -0.495 e. The summed E-state index contributed by atoms with van der Waals surface area (Å²) in [7, 11) is 1.08. The van der Waals surface area contributed by atoms with Crippen molar-refractivity contribution in [1.29, 1.82) is 0 Å². The molecule has 0 aliphatic heterocycles. The van der Waals surface area contributed by atoms with Gasteiger partial charge in [-0.15, -0.1) is 0 Å². The maximum absolute atomic E-state index is 14.3. The molecule has 0 atom stereocenters. The summed E-state index contributed by atoms with van der Waals surface area (Å²) in [5.41, 5.74) is 3.32. The third-order valence-corrected chi connectivity index (χ3v) is 3.84. The lowest BCUT2D eigenvalue weighted by atomic mass is 10.0. The molecular weight excluding hydrogens is 372 g/mol. The van der Waals surface area contributed by atoms with E-state index >= 15 is 0 Å². The van der Waals surface area contributed by atoms with Crippen LogP contribution in [0.1, 0.15) is 22.5 Å². The van der Waals surface area contributed by atoms with E-state index in [0.29, 0.717) is 6.07 Å². The molecule has 0 aliphatic rings. The summed E-state index contributed by atoms with van der Waals surface area (Å²) in [6.07, 6.45) is -3.03. The van der Waals surface area contributed by atoms with Crippen LogP contribution in [0.2, 0.25) is 10.0 Å². The van der Waals surface area contributed by atoms with Crippen molar-refractivity contribution in [3.63, 3.8) is 0 Å². The Balaban J connectivity index is 2.81. The fourth-order valence-electron chi connectivity index (χ4n) is 2.04. The van der Waals surface area contributed by atoms with E-state index in [1.807, 2.05) is 0 Å². The largest absolute Gasteiger partial charge is 0.495 e. The van der Waals surface area contributed by atoms with E-state index in [2.05, 4.69) is 4.98 Å². The number of aromatic carboxylic acids is 1. The number of alkyl halides is 2. The second-order valence-electron chi connectivity index (χ2n) is 4.54. The monoisotopic (exact) mass is 380 g/mol. The van der Waals surface area contributed by atoms with Crippen molar-refractivity contribution in [2.75, 3.05) is 12.8 Å². The van der Waals surface area contributed by atoms with Gasteiger partial charge in [0.1, 0.15) is 11.6 Å². The first-order valence-corrected chi connectivity index (χ1v) is 6.98. The van der Waals surface area contributed by atoms with Gasteiger partial charge in [-0.2, -0.15) is 0 Å². The summed E-state index contributed by atoms with van der Waals surface area (Å²) in [6, 6.07) is 1.62. The zero-order chi connectivity index (χ0) is 18.2. The van der Waals surface area contributed by atoms with Gasteiger partial charge in [-0.3, -0.25) is 0 Å². The second kappa shape index (κ2) is 6.74. The maximum atomic E-state index is 14.3. The summed E-state index contributed by atoms with van der Waals surface area (Å²) in [5.74, 6) is -3.09. The van der Waals surface area contributed by atoms with E-state index in [1.165, 1.54) is 0 Å². The van der Waals surface area contributed by atoms with Crippen LogP contribution in [0.4, 0.5) is 18.9 Å². The van der Waals surface area contributed by atoms with Gasteiger partial charge in [-0.05, 0) is 12.1 Å². The van der Waals surface area contributed by atoms with Crippen LogP contribution < -0.4 is 10.5 Å². The number of anilines is 1. The summed E-state index contributed by atoms with van der Waals surface area (Å²) in [4.78, 5) is 14.8. The molecule has 0 saturated heterocycles. The lowest BCUT2D eigenvalue weighted by Gasteiger charge is -2.15. The first-order chi connectivity index (χ1) is 11.2. The van der Waals surface area contributed by atoms with Gasteiger partial charge in [-0.1, -0.05) is 23.2 Å². The smallest absolute Gasteiger partial charge is 0.356 e. The zero-order valence-corrected chi connectivity index (χ0v) is 13.4. The summed E-state index contributed by atoms with van der Waals surface area (Å²) in [5, 5.41) is 8.24. The van der Waals surface area contributed by atoms with Crippen LogP contribution in [-0.2, 0) is 0 Å². The molecule has 0 unspecified atom stereocenters. The molecule has 128 valence electrons. The van der Waals surface area contributed by atoms with Gasteiger partial charge in [0.2, 0.25) is 0 Å². The topological polar surface area (TPSA) is 85.4 Å². The molecule has 2 aromatic rings. The highest BCUT2D eigenvalue weighted by atomic mass is 35.5. The fourth-order valence-corrected chi connectivity index (χ4v) is 2.59. The number of carboxylic acids is 1. The number of halogens is 5. The van der Waals surface area contributed by atoms with Gasteiger partial charge in [0.15, 0.2) is 5.69 Å². The molecule has 10 heteroatoms. The Morgan fingerprint density at radius 2 is 1.96 bits per heavy atom. The quantitative estimate of drug-likeness (QED) is 0.819. The number of carboxylic acid groups (broad SMARTS) is 1. The first kappa shape index (κ1) is 18.2. The summed E-state index contributed by atoms with van der Waals surface area (Å²) < 4.78 is 45.0. The number of nitrogens with two attached hydrogens (primary N) is 1. The lowest BCUT2D eigenvalue weighted by Crippen LogP contribution is -2.06. The number of carbonyl (C=O) groups is 1. The number of nitrogens with zero attached hydrogens (tertiary/aromatic N) is 1. The molecule has 2 rings (SSSR count). The molecule has 1 aromatic heterocycles. The number of benzene rings is 1. The van der Waals surface area contributed by atoms with Gasteiger partial charge in [-0.25, -0.2) is 22.9 Å². The average Bonchev–Trinajstić information content (AvgIpc) is 2.49. The number of hydrogen-bond acceptors (Lipinski definition) is 4. The summed E-state index contributed by atoms with van der Waals surface area (Å²) >= 11 is 11.7. The second-order valence-corrected chi connectivity index (χ2v) is 5.29. The molecule has 0 saturated carbocycles. The number of aromatic nitrogens is 1. The van der Waals surface area contributed by atoms with Crippen LogP contribution in [0.5, 0.6) is 5.75 Å². The van der Waals surface area contributed by atoms with Gasteiger partial charge in [0.05, 0.1) is 39.7 Å². The number of hydrogen-bond donors (Lipinski definition) is 2. The van der Waals surface area contributed by atoms with Crippen LogP contribution in [-0.4, -0.2) is 23.2 Å². The molecule has 0 aliphatic carbocycles. The lowest BCUT2D eigenvalue weighted by molar-refractivity contribution is 0.0691. The number of rotatable bonds is 4. The molecule has 5 nitrogen and oxygen atoms in total. The van der Waals surface area contributed by atoms with E-state index in [4.69, 9.17) is 38.8 Å². The highest BCUT2D eigenvalue weighted by Gasteiger charge is 2.26. The molecule has 3 N–H and O–H groups in total. The Hall–Kier alpha value is -2.19. The average molecular weight is 381 g/mol. The fraction of sp³-hybridized carbons (Fsp3) is 0.143. The SMILES string of the molecule is COc1c(C(F)F)cc(F)c(-c2cc(N)c(Cl)c(C(=O)O)n2)c1Cl. The van der Waals surface area contributed by atoms with Crippen LogP contribution in [0, 0.1) is 5.82 Å². The van der Waals surface area contributed by atoms with E-state index in [1.54, 1.807) is 0 Å². The Labute approximate surface area is 143 Å². The van der Waals surface area contributed by atoms with Crippen molar-refractivity contribution >= 4 is 34.9 Å². The molecular formula is C14H9Cl2F3N2O3. The normalized spacial score (nSPS) is 11.0. The van der Waals surface area contributed by atoms with Gasteiger partial charge in [0.25, 0.3) is 6.43 Å². The van der Waals surface area contributed by atoms with E-state index in [0.717, 1.165) is 13.2 Å². The van der Waals surface area contributed by atoms with E-state index in [-0.39, 0.29) is 16.4 Å². The Bertz CT molecular complexity index is 832.